The Morgan fingerprint density at radius 3 is 2.50 bits per heavy atom. The fourth-order valence-corrected chi connectivity index (χ4v) is 1.65. The zero-order valence-corrected chi connectivity index (χ0v) is 11.4. The standard InChI is InChI=1S/C15H22N2O/c1-4-13(14-8-6-5-7-9-14)12-15(18)16-10-11-17(2)3/h5-9,12H,4,10-11H2,1-3H3,(H,16,18)/b13-12+. The van der Waals surface area contributed by atoms with Gasteiger partial charge in [0.25, 0.3) is 0 Å². The first-order valence-electron chi connectivity index (χ1n) is 6.32. The van der Waals surface area contributed by atoms with Crippen molar-refractivity contribution < 1.29 is 4.79 Å². The molecule has 0 aliphatic rings. The van der Waals surface area contributed by atoms with Crippen LogP contribution in [0.1, 0.15) is 18.9 Å². The minimum absolute atomic E-state index is 0.0162. The molecule has 1 rings (SSSR count). The second-order valence-electron chi connectivity index (χ2n) is 4.48. The van der Waals surface area contributed by atoms with E-state index in [9.17, 15) is 4.79 Å². The molecule has 0 heterocycles. The summed E-state index contributed by atoms with van der Waals surface area (Å²) in [4.78, 5) is 13.8. The van der Waals surface area contributed by atoms with E-state index in [4.69, 9.17) is 0 Å². The SMILES string of the molecule is CC/C(=C\C(=O)NCCN(C)C)c1ccccc1. The molecule has 0 aliphatic carbocycles. The number of likely N-dealkylation sites (N-methyl/N-ethyl adjacent to an activating group) is 1. The van der Waals surface area contributed by atoms with Crippen molar-refractivity contribution in [2.45, 2.75) is 13.3 Å². The van der Waals surface area contributed by atoms with Crippen LogP contribution in [0.15, 0.2) is 36.4 Å². The zero-order chi connectivity index (χ0) is 13.4. The molecular formula is C15H22N2O. The highest BCUT2D eigenvalue weighted by molar-refractivity contribution is 5.95. The summed E-state index contributed by atoms with van der Waals surface area (Å²) in [5.74, 6) is -0.0162. The number of carbonyl (C=O) groups is 1. The van der Waals surface area contributed by atoms with Crippen molar-refractivity contribution in [2.24, 2.45) is 0 Å². The van der Waals surface area contributed by atoms with Gasteiger partial charge in [0.2, 0.25) is 5.91 Å². The maximum Gasteiger partial charge on any atom is 0.244 e. The van der Waals surface area contributed by atoms with Crippen molar-refractivity contribution in [3.8, 4) is 0 Å². The van der Waals surface area contributed by atoms with Gasteiger partial charge in [-0.2, -0.15) is 0 Å². The van der Waals surface area contributed by atoms with E-state index in [0.29, 0.717) is 6.54 Å². The maximum atomic E-state index is 11.8. The molecule has 98 valence electrons. The van der Waals surface area contributed by atoms with Gasteiger partial charge >= 0.3 is 0 Å². The third-order valence-electron chi connectivity index (χ3n) is 2.69. The molecular weight excluding hydrogens is 224 g/mol. The number of allylic oxidation sites excluding steroid dienone is 1. The second-order valence-corrected chi connectivity index (χ2v) is 4.48. The fourth-order valence-electron chi connectivity index (χ4n) is 1.65. The molecule has 0 bridgehead atoms. The summed E-state index contributed by atoms with van der Waals surface area (Å²) in [5, 5.41) is 2.89. The molecule has 0 radical (unpaired) electrons. The minimum Gasteiger partial charge on any atom is -0.351 e. The summed E-state index contributed by atoms with van der Waals surface area (Å²) in [6.07, 6.45) is 2.55. The number of rotatable bonds is 6. The molecule has 0 aromatic heterocycles. The first-order valence-corrected chi connectivity index (χ1v) is 6.32. The number of amides is 1. The van der Waals surface area contributed by atoms with Gasteiger partial charge in [0.15, 0.2) is 0 Å². The number of hydrogen-bond donors (Lipinski definition) is 1. The van der Waals surface area contributed by atoms with Crippen LogP contribution in [-0.2, 0) is 4.79 Å². The molecule has 0 saturated carbocycles. The molecule has 0 saturated heterocycles. The molecule has 1 aromatic rings. The van der Waals surface area contributed by atoms with Crippen molar-refractivity contribution in [1.29, 1.82) is 0 Å². The first kappa shape index (κ1) is 14.5. The Balaban J connectivity index is 2.59. The van der Waals surface area contributed by atoms with E-state index in [1.165, 1.54) is 0 Å². The third kappa shape index (κ3) is 5.15. The molecule has 18 heavy (non-hydrogen) atoms. The summed E-state index contributed by atoms with van der Waals surface area (Å²) < 4.78 is 0. The van der Waals surface area contributed by atoms with Crippen molar-refractivity contribution in [3.05, 3.63) is 42.0 Å². The van der Waals surface area contributed by atoms with Gasteiger partial charge in [-0.1, -0.05) is 37.3 Å². The Kier molecular flexibility index (Phi) is 6.15. The van der Waals surface area contributed by atoms with Gasteiger partial charge in [0.05, 0.1) is 0 Å². The number of nitrogens with one attached hydrogen (secondary N) is 1. The summed E-state index contributed by atoms with van der Waals surface area (Å²) in [7, 11) is 3.98. The number of nitrogens with zero attached hydrogens (tertiary/aromatic N) is 1. The van der Waals surface area contributed by atoms with E-state index in [1.54, 1.807) is 6.08 Å². The highest BCUT2D eigenvalue weighted by Gasteiger charge is 2.02. The second kappa shape index (κ2) is 7.67. The Hall–Kier alpha value is -1.61. The van der Waals surface area contributed by atoms with Crippen LogP contribution in [0.3, 0.4) is 0 Å². The largest absolute Gasteiger partial charge is 0.351 e. The molecule has 1 N–H and O–H groups in total. The van der Waals surface area contributed by atoms with Crippen LogP contribution in [0.4, 0.5) is 0 Å². The monoisotopic (exact) mass is 246 g/mol. The predicted molar refractivity (Wildman–Crippen MR) is 76.3 cm³/mol. The van der Waals surface area contributed by atoms with Crippen LogP contribution in [0.25, 0.3) is 5.57 Å². The lowest BCUT2D eigenvalue weighted by Crippen LogP contribution is -2.30. The minimum atomic E-state index is -0.0162. The molecule has 0 spiro atoms. The molecule has 0 atom stereocenters. The van der Waals surface area contributed by atoms with Gasteiger partial charge in [-0.25, -0.2) is 0 Å². The first-order chi connectivity index (χ1) is 8.63. The number of hydrogen-bond acceptors (Lipinski definition) is 2. The summed E-state index contributed by atoms with van der Waals surface area (Å²) >= 11 is 0. The van der Waals surface area contributed by atoms with Gasteiger partial charge in [-0.3, -0.25) is 4.79 Å². The van der Waals surface area contributed by atoms with Crippen LogP contribution >= 0.6 is 0 Å². The highest BCUT2D eigenvalue weighted by atomic mass is 16.1. The Bertz CT molecular complexity index is 396. The fraction of sp³-hybridized carbons (Fsp3) is 0.400. The van der Waals surface area contributed by atoms with Gasteiger partial charge in [0.1, 0.15) is 0 Å². The summed E-state index contributed by atoms with van der Waals surface area (Å²) in [6.45, 7) is 3.59. The van der Waals surface area contributed by atoms with Crippen LogP contribution in [0.2, 0.25) is 0 Å². The molecule has 1 amide bonds. The maximum absolute atomic E-state index is 11.8. The van der Waals surface area contributed by atoms with Crippen molar-refractivity contribution in [3.63, 3.8) is 0 Å². The van der Waals surface area contributed by atoms with Gasteiger partial charge in [-0.15, -0.1) is 0 Å². The van der Waals surface area contributed by atoms with Gasteiger partial charge in [-0.05, 0) is 31.7 Å². The van der Waals surface area contributed by atoms with Crippen molar-refractivity contribution >= 4 is 11.5 Å². The van der Waals surface area contributed by atoms with Crippen LogP contribution in [0.5, 0.6) is 0 Å². The topological polar surface area (TPSA) is 32.3 Å². The molecule has 3 nitrogen and oxygen atoms in total. The predicted octanol–water partition coefficient (Wildman–Crippen LogP) is 2.16. The lowest BCUT2D eigenvalue weighted by atomic mass is 10.0. The van der Waals surface area contributed by atoms with E-state index >= 15 is 0 Å². The Morgan fingerprint density at radius 1 is 1.28 bits per heavy atom. The quantitative estimate of drug-likeness (QED) is 0.780. The molecule has 0 fully saturated rings. The summed E-state index contributed by atoms with van der Waals surface area (Å²) in [5.41, 5.74) is 2.18. The molecule has 1 aromatic carbocycles. The van der Waals surface area contributed by atoms with E-state index in [0.717, 1.165) is 24.1 Å². The van der Waals surface area contributed by atoms with Crippen LogP contribution in [0, 0.1) is 0 Å². The van der Waals surface area contributed by atoms with Gasteiger partial charge < -0.3 is 10.2 Å². The van der Waals surface area contributed by atoms with E-state index in [-0.39, 0.29) is 5.91 Å². The van der Waals surface area contributed by atoms with Crippen molar-refractivity contribution in [1.82, 2.24) is 10.2 Å². The Labute approximate surface area is 109 Å². The number of carbonyl (C=O) groups excluding carboxylic acids is 1. The van der Waals surface area contributed by atoms with Gasteiger partial charge in [0, 0.05) is 19.2 Å². The van der Waals surface area contributed by atoms with E-state index in [2.05, 4.69) is 12.2 Å². The lowest BCUT2D eigenvalue weighted by molar-refractivity contribution is -0.116. The average molecular weight is 246 g/mol. The molecule has 3 heteroatoms. The summed E-state index contributed by atoms with van der Waals surface area (Å²) in [6, 6.07) is 10.0. The average Bonchev–Trinajstić information content (AvgIpc) is 2.36. The lowest BCUT2D eigenvalue weighted by Gasteiger charge is -2.10. The smallest absolute Gasteiger partial charge is 0.244 e. The zero-order valence-electron chi connectivity index (χ0n) is 11.4. The van der Waals surface area contributed by atoms with Crippen LogP contribution < -0.4 is 5.32 Å². The van der Waals surface area contributed by atoms with Crippen molar-refractivity contribution in [2.75, 3.05) is 27.2 Å². The van der Waals surface area contributed by atoms with Crippen LogP contribution in [-0.4, -0.2) is 38.0 Å². The number of benzene rings is 1. The molecule has 0 aliphatic heterocycles. The normalized spacial score (nSPS) is 11.7. The third-order valence-corrected chi connectivity index (χ3v) is 2.69. The van der Waals surface area contributed by atoms with E-state index < -0.39 is 0 Å². The molecule has 0 unspecified atom stereocenters. The van der Waals surface area contributed by atoms with E-state index in [1.807, 2.05) is 49.3 Å². The Morgan fingerprint density at radius 2 is 1.94 bits per heavy atom. The highest BCUT2D eigenvalue weighted by Crippen LogP contribution is 2.16.